The zero-order chi connectivity index (χ0) is 22.2. The summed E-state index contributed by atoms with van der Waals surface area (Å²) in [5.41, 5.74) is 4.21. The molecule has 0 aromatic heterocycles. The zero-order valence-electron chi connectivity index (χ0n) is 18.2. The van der Waals surface area contributed by atoms with Gasteiger partial charge < -0.3 is 14.6 Å². The van der Waals surface area contributed by atoms with Crippen molar-refractivity contribution >= 4 is 12.1 Å². The van der Waals surface area contributed by atoms with E-state index in [0.717, 1.165) is 22.3 Å². The number of carbonyl (C=O) groups excluding carboxylic acids is 1. The van der Waals surface area contributed by atoms with Crippen LogP contribution in [0.25, 0.3) is 11.1 Å². The predicted octanol–water partition coefficient (Wildman–Crippen LogP) is 4.67. The number of rotatable bonds is 4. The number of hydrogen-bond donors (Lipinski definition) is 1. The van der Waals surface area contributed by atoms with Crippen molar-refractivity contribution < 1.29 is 24.2 Å². The lowest BCUT2D eigenvalue weighted by molar-refractivity contribution is -0.150. The van der Waals surface area contributed by atoms with Crippen LogP contribution in [0.15, 0.2) is 48.5 Å². The molecule has 164 valence electrons. The topological polar surface area (TPSA) is 76.1 Å². The van der Waals surface area contributed by atoms with Crippen LogP contribution >= 0.6 is 0 Å². The first-order chi connectivity index (χ1) is 14.7. The number of carboxylic acids is 1. The van der Waals surface area contributed by atoms with Gasteiger partial charge in [-0.25, -0.2) is 9.59 Å². The van der Waals surface area contributed by atoms with Gasteiger partial charge in [-0.05, 0) is 49.4 Å². The van der Waals surface area contributed by atoms with E-state index in [4.69, 9.17) is 9.47 Å². The van der Waals surface area contributed by atoms with E-state index >= 15 is 0 Å². The first-order valence-electron chi connectivity index (χ1n) is 10.8. The molecular formula is C25H29NO5. The molecule has 6 heteroatoms. The number of ether oxygens (including phenoxy) is 2. The number of amides is 1. The third-order valence-electron chi connectivity index (χ3n) is 5.93. The molecule has 2 aromatic carbocycles. The Labute approximate surface area is 182 Å². The lowest BCUT2D eigenvalue weighted by atomic mass is 9.98. The number of carboxylic acid groups (broad SMARTS) is 1. The van der Waals surface area contributed by atoms with Crippen molar-refractivity contribution in [2.24, 2.45) is 0 Å². The quantitative estimate of drug-likeness (QED) is 0.774. The second kappa shape index (κ2) is 8.35. The second-order valence-electron chi connectivity index (χ2n) is 9.23. The normalized spacial score (nSPS) is 20.8. The number of carbonyl (C=O) groups is 2. The minimum atomic E-state index is -1.03. The Kier molecular flexibility index (Phi) is 5.75. The first-order valence-corrected chi connectivity index (χ1v) is 10.8. The van der Waals surface area contributed by atoms with Crippen LogP contribution in [0.1, 0.15) is 50.7 Å². The van der Waals surface area contributed by atoms with Crippen LogP contribution < -0.4 is 0 Å². The van der Waals surface area contributed by atoms with Gasteiger partial charge in [-0.15, -0.1) is 0 Å². The summed E-state index contributed by atoms with van der Waals surface area (Å²) in [6, 6.07) is 15.3. The fourth-order valence-electron chi connectivity index (χ4n) is 4.67. The Balaban J connectivity index is 1.46. The minimum Gasteiger partial charge on any atom is -0.480 e. The molecule has 1 saturated heterocycles. The second-order valence-corrected chi connectivity index (χ2v) is 9.23. The Morgan fingerprint density at radius 3 is 2.16 bits per heavy atom. The molecule has 6 nitrogen and oxygen atoms in total. The molecule has 2 aliphatic rings. The average molecular weight is 424 g/mol. The van der Waals surface area contributed by atoms with E-state index < -0.39 is 18.1 Å². The van der Waals surface area contributed by atoms with Crippen molar-refractivity contribution in [2.45, 2.75) is 57.3 Å². The molecule has 2 atom stereocenters. The molecule has 0 bridgehead atoms. The highest BCUT2D eigenvalue weighted by Crippen LogP contribution is 2.44. The predicted molar refractivity (Wildman–Crippen MR) is 117 cm³/mol. The molecule has 31 heavy (non-hydrogen) atoms. The third-order valence-corrected chi connectivity index (χ3v) is 5.93. The summed E-state index contributed by atoms with van der Waals surface area (Å²) >= 11 is 0. The van der Waals surface area contributed by atoms with Crippen molar-refractivity contribution in [2.75, 3.05) is 13.2 Å². The average Bonchev–Trinajstić information content (AvgIpc) is 3.04. The van der Waals surface area contributed by atoms with Gasteiger partial charge in [-0.1, -0.05) is 48.5 Å². The van der Waals surface area contributed by atoms with E-state index in [0.29, 0.717) is 13.0 Å². The first kappa shape index (κ1) is 21.4. The maximum Gasteiger partial charge on any atom is 0.410 e. The van der Waals surface area contributed by atoms with Crippen LogP contribution in [-0.4, -0.2) is 53.0 Å². The van der Waals surface area contributed by atoms with E-state index in [-0.39, 0.29) is 30.7 Å². The summed E-state index contributed by atoms with van der Waals surface area (Å²) in [5, 5.41) is 9.71. The number of piperidine rings is 1. The van der Waals surface area contributed by atoms with Crippen molar-refractivity contribution in [3.05, 3.63) is 59.7 Å². The lowest BCUT2D eigenvalue weighted by Gasteiger charge is -2.38. The van der Waals surface area contributed by atoms with Gasteiger partial charge in [-0.2, -0.15) is 0 Å². The van der Waals surface area contributed by atoms with Gasteiger partial charge in [0, 0.05) is 18.9 Å². The highest BCUT2D eigenvalue weighted by atomic mass is 16.6. The molecule has 1 heterocycles. The van der Waals surface area contributed by atoms with Gasteiger partial charge in [0.25, 0.3) is 0 Å². The van der Waals surface area contributed by atoms with Crippen molar-refractivity contribution in [3.63, 3.8) is 0 Å². The maximum absolute atomic E-state index is 12.9. The lowest BCUT2D eigenvalue weighted by Crippen LogP contribution is -2.53. The molecule has 0 radical (unpaired) electrons. The van der Waals surface area contributed by atoms with Crippen LogP contribution in [0, 0.1) is 0 Å². The fraction of sp³-hybridized carbons (Fsp3) is 0.440. The number of fused-ring (bicyclic) bond motifs is 3. The molecule has 1 amide bonds. The molecule has 1 aliphatic heterocycles. The van der Waals surface area contributed by atoms with E-state index in [1.807, 2.05) is 45.0 Å². The van der Waals surface area contributed by atoms with Gasteiger partial charge in [-0.3, -0.25) is 4.90 Å². The molecule has 4 rings (SSSR count). The van der Waals surface area contributed by atoms with Crippen LogP contribution in [0.3, 0.4) is 0 Å². The molecule has 1 aliphatic carbocycles. The molecular weight excluding hydrogens is 394 g/mol. The van der Waals surface area contributed by atoms with Crippen molar-refractivity contribution in [3.8, 4) is 11.1 Å². The highest BCUT2D eigenvalue weighted by molar-refractivity contribution is 5.81. The highest BCUT2D eigenvalue weighted by Gasteiger charge is 2.39. The van der Waals surface area contributed by atoms with Crippen LogP contribution in [0.4, 0.5) is 4.79 Å². The molecule has 2 aromatic rings. The van der Waals surface area contributed by atoms with Crippen molar-refractivity contribution in [1.82, 2.24) is 4.90 Å². The summed E-state index contributed by atoms with van der Waals surface area (Å²) in [4.78, 5) is 26.1. The van der Waals surface area contributed by atoms with Crippen LogP contribution in [0.5, 0.6) is 0 Å². The molecule has 0 unspecified atom stereocenters. The van der Waals surface area contributed by atoms with Gasteiger partial charge in [0.15, 0.2) is 0 Å². The monoisotopic (exact) mass is 423 g/mol. The minimum absolute atomic E-state index is 0.0543. The SMILES string of the molecule is CC(C)(C)O[C@H]1CCN(C(=O)OCC2c3ccccc3-c3ccccc32)[C@H](C(=O)O)C1. The summed E-state index contributed by atoms with van der Waals surface area (Å²) in [6.45, 7) is 6.31. The van der Waals surface area contributed by atoms with Crippen LogP contribution in [0.2, 0.25) is 0 Å². The zero-order valence-corrected chi connectivity index (χ0v) is 18.2. The Morgan fingerprint density at radius 1 is 1.03 bits per heavy atom. The van der Waals surface area contributed by atoms with E-state index in [2.05, 4.69) is 24.3 Å². The largest absolute Gasteiger partial charge is 0.480 e. The van der Waals surface area contributed by atoms with Gasteiger partial charge in [0.2, 0.25) is 0 Å². The van der Waals surface area contributed by atoms with Gasteiger partial charge in [0.1, 0.15) is 12.6 Å². The Hall–Kier alpha value is -2.86. The summed E-state index contributed by atoms with van der Waals surface area (Å²) in [6.07, 6.45) is 0.0735. The summed E-state index contributed by atoms with van der Waals surface area (Å²) in [7, 11) is 0. The molecule has 1 N–H and O–H groups in total. The third kappa shape index (κ3) is 4.44. The smallest absolute Gasteiger partial charge is 0.410 e. The number of hydrogen-bond acceptors (Lipinski definition) is 4. The van der Waals surface area contributed by atoms with Gasteiger partial charge >= 0.3 is 12.1 Å². The van der Waals surface area contributed by atoms with Crippen molar-refractivity contribution in [1.29, 1.82) is 0 Å². The Morgan fingerprint density at radius 2 is 1.61 bits per heavy atom. The maximum atomic E-state index is 12.9. The number of likely N-dealkylation sites (tertiary alicyclic amines) is 1. The van der Waals surface area contributed by atoms with Crippen LogP contribution in [-0.2, 0) is 14.3 Å². The summed E-state index contributed by atoms with van der Waals surface area (Å²) < 4.78 is 11.6. The fourth-order valence-corrected chi connectivity index (χ4v) is 4.67. The van der Waals surface area contributed by atoms with E-state index in [1.165, 1.54) is 4.90 Å². The number of nitrogens with zero attached hydrogens (tertiary/aromatic N) is 1. The standard InChI is InChI=1S/C25H29NO5/c1-25(2,3)31-16-12-13-26(22(14-16)23(27)28)24(29)30-15-21-19-10-6-4-8-17(19)18-9-5-7-11-20(18)21/h4-11,16,21-22H,12-15H2,1-3H3,(H,27,28)/t16-,22-/m0/s1. The van der Waals surface area contributed by atoms with E-state index in [1.54, 1.807) is 0 Å². The Bertz CT molecular complexity index is 934. The number of aliphatic carboxylic acids is 1. The molecule has 1 fully saturated rings. The number of benzene rings is 2. The molecule has 0 saturated carbocycles. The molecule has 0 spiro atoms. The van der Waals surface area contributed by atoms with Gasteiger partial charge in [0.05, 0.1) is 11.7 Å². The summed E-state index contributed by atoms with van der Waals surface area (Å²) in [5.74, 6) is -1.09. The van der Waals surface area contributed by atoms with E-state index in [9.17, 15) is 14.7 Å².